The van der Waals surface area contributed by atoms with E-state index in [1.807, 2.05) is 13.8 Å². The smallest absolute Gasteiger partial charge is 0.332 e. The van der Waals surface area contributed by atoms with Crippen LogP contribution in [0.1, 0.15) is 32.4 Å². The molecule has 0 aliphatic rings. The van der Waals surface area contributed by atoms with Crippen molar-refractivity contribution in [1.29, 1.82) is 0 Å². The Morgan fingerprint density at radius 1 is 1.40 bits per heavy atom. The molecule has 8 heteroatoms. The maximum atomic E-state index is 11.0. The number of rotatable bonds is 8. The molecule has 0 aliphatic heterocycles. The molecule has 1 aromatic heterocycles. The standard InChI is InChI=1S/C12H21N5O3/c1-8(2)20-7-5-4-6-14-11-10(17(18)19)9(3)15-12(13)16-11/h8H,4-7H2,1-3H3,(H3,13,14,15,16). The molecule has 0 unspecified atom stereocenters. The van der Waals surface area contributed by atoms with Gasteiger partial charge in [-0.2, -0.15) is 4.98 Å². The molecule has 0 atom stereocenters. The maximum absolute atomic E-state index is 11.0. The third kappa shape index (κ3) is 4.96. The molecule has 0 bridgehead atoms. The van der Waals surface area contributed by atoms with E-state index < -0.39 is 4.92 Å². The molecule has 0 aliphatic carbocycles. The topological polar surface area (TPSA) is 116 Å². The van der Waals surface area contributed by atoms with Crippen molar-refractivity contribution in [2.24, 2.45) is 0 Å². The molecule has 8 nitrogen and oxygen atoms in total. The monoisotopic (exact) mass is 283 g/mol. The molecule has 20 heavy (non-hydrogen) atoms. The average molecular weight is 283 g/mol. The van der Waals surface area contributed by atoms with E-state index in [4.69, 9.17) is 10.5 Å². The Bertz CT molecular complexity index is 465. The Hall–Kier alpha value is -1.96. The van der Waals surface area contributed by atoms with E-state index in [1.54, 1.807) is 0 Å². The molecule has 0 radical (unpaired) electrons. The first kappa shape index (κ1) is 16.1. The van der Waals surface area contributed by atoms with Gasteiger partial charge in [-0.25, -0.2) is 4.98 Å². The highest BCUT2D eigenvalue weighted by atomic mass is 16.6. The van der Waals surface area contributed by atoms with Crippen LogP contribution in [-0.4, -0.2) is 34.1 Å². The van der Waals surface area contributed by atoms with Crippen molar-refractivity contribution >= 4 is 17.5 Å². The minimum Gasteiger partial charge on any atom is -0.379 e. The zero-order valence-corrected chi connectivity index (χ0v) is 12.0. The van der Waals surface area contributed by atoms with Crippen LogP contribution in [0.4, 0.5) is 17.5 Å². The van der Waals surface area contributed by atoms with Crippen LogP contribution in [0.15, 0.2) is 0 Å². The van der Waals surface area contributed by atoms with Crippen molar-refractivity contribution in [3.05, 3.63) is 15.8 Å². The Morgan fingerprint density at radius 2 is 2.10 bits per heavy atom. The van der Waals surface area contributed by atoms with Gasteiger partial charge < -0.3 is 15.8 Å². The lowest BCUT2D eigenvalue weighted by Gasteiger charge is -2.09. The Kier molecular flexibility index (Phi) is 6.10. The molecule has 3 N–H and O–H groups in total. The maximum Gasteiger partial charge on any atom is 0.332 e. The summed E-state index contributed by atoms with van der Waals surface area (Å²) in [5.74, 6) is 0.198. The van der Waals surface area contributed by atoms with Gasteiger partial charge in [0.15, 0.2) is 0 Å². The Labute approximate surface area is 117 Å². The summed E-state index contributed by atoms with van der Waals surface area (Å²) in [5, 5.41) is 13.9. The predicted molar refractivity (Wildman–Crippen MR) is 76.6 cm³/mol. The summed E-state index contributed by atoms with van der Waals surface area (Å²) in [4.78, 5) is 18.2. The normalized spacial score (nSPS) is 10.8. The average Bonchev–Trinajstić information content (AvgIpc) is 2.31. The molecule has 0 saturated carbocycles. The zero-order chi connectivity index (χ0) is 15.1. The van der Waals surface area contributed by atoms with Gasteiger partial charge in [0.1, 0.15) is 5.69 Å². The van der Waals surface area contributed by atoms with E-state index in [1.165, 1.54) is 6.92 Å². The highest BCUT2D eigenvalue weighted by Crippen LogP contribution is 2.25. The number of hydrogen-bond donors (Lipinski definition) is 2. The number of nitrogen functional groups attached to an aromatic ring is 1. The number of nitro groups is 1. The van der Waals surface area contributed by atoms with Gasteiger partial charge in [0.05, 0.1) is 11.0 Å². The van der Waals surface area contributed by atoms with E-state index in [-0.39, 0.29) is 29.3 Å². The molecule has 0 aromatic carbocycles. The molecule has 1 rings (SSSR count). The highest BCUT2D eigenvalue weighted by molar-refractivity contribution is 5.60. The van der Waals surface area contributed by atoms with Gasteiger partial charge in [-0.1, -0.05) is 0 Å². The molecule has 1 heterocycles. The number of nitrogens with zero attached hydrogens (tertiary/aromatic N) is 3. The summed E-state index contributed by atoms with van der Waals surface area (Å²) in [6.07, 6.45) is 1.92. The molecule has 0 amide bonds. The van der Waals surface area contributed by atoms with Gasteiger partial charge in [0.2, 0.25) is 11.8 Å². The van der Waals surface area contributed by atoms with Gasteiger partial charge in [0, 0.05) is 13.2 Å². The van der Waals surface area contributed by atoms with E-state index >= 15 is 0 Å². The lowest BCUT2D eigenvalue weighted by atomic mass is 10.3. The fourth-order valence-corrected chi connectivity index (χ4v) is 1.68. The minimum atomic E-state index is -0.501. The van der Waals surface area contributed by atoms with Gasteiger partial charge >= 0.3 is 5.69 Å². The summed E-state index contributed by atoms with van der Waals surface area (Å²) in [5.41, 5.74) is 5.64. The van der Waals surface area contributed by atoms with Crippen LogP contribution in [0.25, 0.3) is 0 Å². The second-order valence-corrected chi connectivity index (χ2v) is 4.67. The number of ether oxygens (including phenoxy) is 1. The van der Waals surface area contributed by atoms with Crippen molar-refractivity contribution in [2.45, 2.75) is 39.7 Å². The number of nitrogens with one attached hydrogen (secondary N) is 1. The van der Waals surface area contributed by atoms with Crippen molar-refractivity contribution < 1.29 is 9.66 Å². The van der Waals surface area contributed by atoms with Crippen molar-refractivity contribution in [2.75, 3.05) is 24.2 Å². The van der Waals surface area contributed by atoms with E-state index in [0.29, 0.717) is 13.2 Å². The lowest BCUT2D eigenvalue weighted by Crippen LogP contribution is -2.11. The third-order valence-corrected chi connectivity index (χ3v) is 2.57. The number of aromatic nitrogens is 2. The fraction of sp³-hybridized carbons (Fsp3) is 0.667. The first-order chi connectivity index (χ1) is 9.41. The van der Waals surface area contributed by atoms with E-state index in [2.05, 4.69) is 15.3 Å². The minimum absolute atomic E-state index is 0.0266. The first-order valence-electron chi connectivity index (χ1n) is 6.55. The zero-order valence-electron chi connectivity index (χ0n) is 12.0. The highest BCUT2D eigenvalue weighted by Gasteiger charge is 2.20. The Morgan fingerprint density at radius 3 is 2.70 bits per heavy atom. The summed E-state index contributed by atoms with van der Waals surface area (Å²) in [6, 6.07) is 0. The quantitative estimate of drug-likeness (QED) is 0.425. The van der Waals surface area contributed by atoms with Crippen molar-refractivity contribution in [1.82, 2.24) is 9.97 Å². The molecule has 0 spiro atoms. The van der Waals surface area contributed by atoms with Crippen LogP contribution in [0.3, 0.4) is 0 Å². The first-order valence-corrected chi connectivity index (χ1v) is 6.55. The van der Waals surface area contributed by atoms with Crippen LogP contribution in [0.5, 0.6) is 0 Å². The van der Waals surface area contributed by atoms with Gasteiger partial charge in [-0.15, -0.1) is 0 Å². The van der Waals surface area contributed by atoms with Crippen molar-refractivity contribution in [3.63, 3.8) is 0 Å². The second kappa shape index (κ2) is 7.59. The van der Waals surface area contributed by atoms with E-state index in [0.717, 1.165) is 12.8 Å². The number of hydrogen-bond acceptors (Lipinski definition) is 7. The summed E-state index contributed by atoms with van der Waals surface area (Å²) in [6.45, 7) is 6.74. The van der Waals surface area contributed by atoms with E-state index in [9.17, 15) is 10.1 Å². The molecule has 0 saturated heterocycles. The number of aryl methyl sites for hydroxylation is 1. The molecule has 0 fully saturated rings. The predicted octanol–water partition coefficient (Wildman–Crippen LogP) is 1.89. The van der Waals surface area contributed by atoms with Crippen LogP contribution in [-0.2, 0) is 4.74 Å². The van der Waals surface area contributed by atoms with Crippen LogP contribution >= 0.6 is 0 Å². The third-order valence-electron chi connectivity index (χ3n) is 2.57. The second-order valence-electron chi connectivity index (χ2n) is 4.67. The van der Waals surface area contributed by atoms with Crippen LogP contribution in [0, 0.1) is 17.0 Å². The number of anilines is 2. The summed E-state index contributed by atoms with van der Waals surface area (Å²) >= 11 is 0. The molecular weight excluding hydrogens is 262 g/mol. The number of unbranched alkanes of at least 4 members (excludes halogenated alkanes) is 1. The SMILES string of the molecule is Cc1nc(N)nc(NCCCCOC(C)C)c1[N+](=O)[O-]. The molecule has 1 aromatic rings. The van der Waals surface area contributed by atoms with Crippen LogP contribution < -0.4 is 11.1 Å². The van der Waals surface area contributed by atoms with Gasteiger partial charge in [0.25, 0.3) is 0 Å². The molecular formula is C12H21N5O3. The largest absolute Gasteiger partial charge is 0.379 e. The lowest BCUT2D eigenvalue weighted by molar-refractivity contribution is -0.385. The summed E-state index contributed by atoms with van der Waals surface area (Å²) < 4.78 is 5.41. The van der Waals surface area contributed by atoms with Crippen LogP contribution in [0.2, 0.25) is 0 Å². The van der Waals surface area contributed by atoms with Crippen molar-refractivity contribution in [3.8, 4) is 0 Å². The van der Waals surface area contributed by atoms with Gasteiger partial charge in [-0.05, 0) is 33.6 Å². The molecule has 112 valence electrons. The Balaban J connectivity index is 2.53. The fourth-order valence-electron chi connectivity index (χ4n) is 1.68. The number of nitrogens with two attached hydrogens (primary N) is 1. The summed E-state index contributed by atoms with van der Waals surface area (Å²) in [7, 11) is 0. The van der Waals surface area contributed by atoms with Gasteiger partial charge in [-0.3, -0.25) is 10.1 Å².